The van der Waals surface area contributed by atoms with Crippen LogP contribution in [0, 0.1) is 0 Å². The summed E-state index contributed by atoms with van der Waals surface area (Å²) in [6.45, 7) is 0. The topological polar surface area (TPSA) is 173 Å². The van der Waals surface area contributed by atoms with E-state index in [4.69, 9.17) is 28.3 Å². The second kappa shape index (κ2) is 9.61. The van der Waals surface area contributed by atoms with Crippen LogP contribution in [-0.2, 0) is 26.5 Å². The Hall–Kier alpha value is -3.17. The molecule has 2 aromatic heterocycles. The smallest absolute Gasteiger partial charge is 0.264 e. The van der Waals surface area contributed by atoms with E-state index >= 15 is 0 Å². The van der Waals surface area contributed by atoms with Crippen LogP contribution in [0.2, 0.25) is 10.0 Å². The molecule has 37 heavy (non-hydrogen) atoms. The molecule has 2 aromatic carbocycles. The molecular weight excluding hydrogens is 565 g/mol. The number of H-pyrrole nitrogens is 1. The third-order valence-corrected chi connectivity index (χ3v) is 7.20. The molecule has 0 aliphatic rings. The molecule has 0 atom stereocenters. The fourth-order valence-electron chi connectivity index (χ4n) is 3.67. The lowest BCUT2D eigenvalue weighted by Gasteiger charge is -2.11. The number of nitrogens with two attached hydrogens (primary N) is 1. The van der Waals surface area contributed by atoms with Gasteiger partial charge in [-0.2, -0.15) is 0 Å². The quantitative estimate of drug-likeness (QED) is 0.295. The number of fused-ring (bicyclic) bond motifs is 1. The summed E-state index contributed by atoms with van der Waals surface area (Å²) in [5.41, 5.74) is 0.784. The largest absolute Gasteiger partial charge is 0.361 e. The van der Waals surface area contributed by atoms with Gasteiger partial charge in [-0.05, 0) is 29.8 Å². The van der Waals surface area contributed by atoms with Crippen molar-refractivity contribution in [2.24, 2.45) is 5.14 Å². The maximum atomic E-state index is 13.1. The maximum absolute atomic E-state index is 13.1. The lowest BCUT2D eigenvalue weighted by atomic mass is 10.1. The van der Waals surface area contributed by atoms with Crippen LogP contribution in [0.5, 0.6) is 0 Å². The van der Waals surface area contributed by atoms with Crippen molar-refractivity contribution in [2.75, 3.05) is 30.0 Å². The molecule has 0 amide bonds. The molecule has 0 fully saturated rings. The number of aromatic nitrogens is 4. The summed E-state index contributed by atoms with van der Waals surface area (Å²) < 4.78 is 50.4. The van der Waals surface area contributed by atoms with Crippen LogP contribution in [0.3, 0.4) is 0 Å². The Morgan fingerprint density at radius 1 is 1.11 bits per heavy atom. The minimum Gasteiger partial charge on any atom is -0.361 e. The SMILES string of the molecule is CN(C)c1nn(-c2c(Cl)cc(S(N)(=O)=O)cc2Cl)c2nc(Cc3cccc(NS(C)(=O)=O)c3)[nH]c(=O)c12. The first-order valence-corrected chi connectivity index (χ1v) is 14.6. The summed E-state index contributed by atoms with van der Waals surface area (Å²) in [6.07, 6.45) is 1.20. The van der Waals surface area contributed by atoms with Gasteiger partial charge < -0.3 is 9.88 Å². The summed E-state index contributed by atoms with van der Waals surface area (Å²) in [6, 6.07) is 8.90. The number of primary sulfonamides is 1. The van der Waals surface area contributed by atoms with E-state index in [1.807, 2.05) is 0 Å². The molecule has 196 valence electrons. The van der Waals surface area contributed by atoms with Crippen LogP contribution in [0.4, 0.5) is 11.5 Å². The number of nitrogens with zero attached hydrogens (tertiary/aromatic N) is 4. The van der Waals surface area contributed by atoms with E-state index in [9.17, 15) is 21.6 Å². The molecule has 4 aromatic rings. The van der Waals surface area contributed by atoms with Gasteiger partial charge in [-0.3, -0.25) is 9.52 Å². The average Bonchev–Trinajstić information content (AvgIpc) is 3.12. The second-order valence-electron chi connectivity index (χ2n) is 8.37. The van der Waals surface area contributed by atoms with Crippen LogP contribution < -0.4 is 20.3 Å². The van der Waals surface area contributed by atoms with Gasteiger partial charge in [0.2, 0.25) is 20.0 Å². The highest BCUT2D eigenvalue weighted by Crippen LogP contribution is 2.34. The number of halogens is 2. The molecule has 4 rings (SSSR count). The van der Waals surface area contributed by atoms with Crippen molar-refractivity contribution in [1.29, 1.82) is 0 Å². The molecule has 0 saturated carbocycles. The van der Waals surface area contributed by atoms with E-state index < -0.39 is 25.6 Å². The molecule has 0 saturated heterocycles. The number of rotatable bonds is 7. The van der Waals surface area contributed by atoms with Gasteiger partial charge in [0.1, 0.15) is 16.9 Å². The molecule has 0 aliphatic heterocycles. The molecular formula is C21H21Cl2N7O5S2. The molecule has 16 heteroatoms. The third kappa shape index (κ3) is 5.72. The van der Waals surface area contributed by atoms with Crippen LogP contribution in [0.25, 0.3) is 16.7 Å². The van der Waals surface area contributed by atoms with Gasteiger partial charge in [-0.15, -0.1) is 5.10 Å². The Bertz CT molecular complexity index is 1790. The molecule has 0 aliphatic carbocycles. The van der Waals surface area contributed by atoms with Crippen LogP contribution in [-0.4, -0.2) is 56.9 Å². The van der Waals surface area contributed by atoms with Crippen LogP contribution in [0.15, 0.2) is 46.1 Å². The van der Waals surface area contributed by atoms with Crippen molar-refractivity contribution in [3.8, 4) is 5.69 Å². The minimum atomic E-state index is -4.08. The molecule has 2 heterocycles. The number of benzene rings is 2. The zero-order valence-electron chi connectivity index (χ0n) is 19.7. The number of hydrogen-bond acceptors (Lipinski definition) is 8. The van der Waals surface area contributed by atoms with Gasteiger partial charge >= 0.3 is 0 Å². The average molecular weight is 586 g/mol. The highest BCUT2D eigenvalue weighted by atomic mass is 35.5. The van der Waals surface area contributed by atoms with Crippen molar-refractivity contribution < 1.29 is 16.8 Å². The number of hydrogen-bond donors (Lipinski definition) is 3. The van der Waals surface area contributed by atoms with E-state index in [1.54, 1.807) is 43.3 Å². The van der Waals surface area contributed by atoms with Gasteiger partial charge in [0.05, 0.1) is 21.2 Å². The first-order chi connectivity index (χ1) is 17.1. The highest BCUT2D eigenvalue weighted by Gasteiger charge is 2.24. The Kier molecular flexibility index (Phi) is 6.98. The summed E-state index contributed by atoms with van der Waals surface area (Å²) >= 11 is 12.8. The standard InChI is InChI=1S/C21H21Cl2N7O5S2/c1-29(2)20-17-19(30(27-20)18-14(22)9-13(10-15(18)23)37(24,34)35)25-16(26-21(17)31)8-11-5-4-6-12(7-11)28-36(3,32)33/h4-7,9-10,28H,8H2,1-3H3,(H2,24,34,35)(H,25,26,31). The van der Waals surface area contributed by atoms with E-state index in [1.165, 1.54) is 4.68 Å². The number of aromatic amines is 1. The van der Waals surface area contributed by atoms with Gasteiger partial charge in [-0.1, -0.05) is 35.3 Å². The lowest BCUT2D eigenvalue weighted by Crippen LogP contribution is -2.16. The minimum absolute atomic E-state index is 0.0746. The molecule has 12 nitrogen and oxygen atoms in total. The van der Waals surface area contributed by atoms with Crippen molar-refractivity contribution in [1.82, 2.24) is 19.7 Å². The number of sulfonamides is 2. The molecule has 0 spiro atoms. The fraction of sp³-hybridized carbons (Fsp3) is 0.190. The van der Waals surface area contributed by atoms with E-state index in [0.29, 0.717) is 11.3 Å². The maximum Gasteiger partial charge on any atom is 0.264 e. The zero-order chi connectivity index (χ0) is 27.3. The van der Waals surface area contributed by atoms with E-state index in [0.717, 1.165) is 18.4 Å². The predicted molar refractivity (Wildman–Crippen MR) is 143 cm³/mol. The Morgan fingerprint density at radius 3 is 2.32 bits per heavy atom. The Labute approximate surface area is 222 Å². The number of nitrogens with one attached hydrogen (secondary N) is 2. The van der Waals surface area contributed by atoms with Crippen molar-refractivity contribution in [3.05, 3.63) is 68.2 Å². The molecule has 0 unspecified atom stereocenters. The second-order valence-corrected chi connectivity index (χ2v) is 12.5. The monoisotopic (exact) mass is 585 g/mol. The lowest BCUT2D eigenvalue weighted by molar-refractivity contribution is 0.597. The molecule has 0 bridgehead atoms. The zero-order valence-corrected chi connectivity index (χ0v) is 22.8. The van der Waals surface area contributed by atoms with Crippen molar-refractivity contribution >= 4 is 65.8 Å². The van der Waals surface area contributed by atoms with Crippen LogP contribution >= 0.6 is 23.2 Å². The summed E-state index contributed by atoms with van der Waals surface area (Å²) in [5, 5.41) is 9.68. The molecule has 4 N–H and O–H groups in total. The van der Waals surface area contributed by atoms with E-state index in [2.05, 4.69) is 19.8 Å². The first-order valence-electron chi connectivity index (χ1n) is 10.4. The third-order valence-electron chi connectivity index (χ3n) is 5.12. The first kappa shape index (κ1) is 26.9. The van der Waals surface area contributed by atoms with Crippen LogP contribution in [0.1, 0.15) is 11.4 Å². The van der Waals surface area contributed by atoms with Gasteiger partial charge in [0.15, 0.2) is 11.5 Å². The normalized spacial score (nSPS) is 12.2. The Morgan fingerprint density at radius 2 is 1.76 bits per heavy atom. The van der Waals surface area contributed by atoms with E-state index in [-0.39, 0.29) is 49.7 Å². The summed E-state index contributed by atoms with van der Waals surface area (Å²) in [5.74, 6) is 0.533. The van der Waals surface area contributed by atoms with Gasteiger partial charge in [0.25, 0.3) is 5.56 Å². The van der Waals surface area contributed by atoms with Crippen molar-refractivity contribution in [3.63, 3.8) is 0 Å². The fourth-order valence-corrected chi connectivity index (χ4v) is 5.56. The Balaban J connectivity index is 1.89. The van der Waals surface area contributed by atoms with Gasteiger partial charge in [0, 0.05) is 26.2 Å². The summed E-state index contributed by atoms with van der Waals surface area (Å²) in [4.78, 5) is 21.8. The molecule has 0 radical (unpaired) electrons. The highest BCUT2D eigenvalue weighted by molar-refractivity contribution is 7.92. The van der Waals surface area contributed by atoms with Crippen molar-refractivity contribution in [2.45, 2.75) is 11.3 Å². The number of anilines is 2. The predicted octanol–water partition coefficient (Wildman–Crippen LogP) is 2.09. The summed E-state index contributed by atoms with van der Waals surface area (Å²) in [7, 11) is -4.18. The van der Waals surface area contributed by atoms with Gasteiger partial charge in [-0.25, -0.2) is 31.6 Å².